The minimum atomic E-state index is -0.0864. The van der Waals surface area contributed by atoms with Gasteiger partial charge in [0.1, 0.15) is 17.6 Å². The first-order valence-electron chi connectivity index (χ1n) is 8.40. The zero-order valence-electron chi connectivity index (χ0n) is 14.6. The number of amides is 1. The summed E-state index contributed by atoms with van der Waals surface area (Å²) in [5.41, 5.74) is 2.22. The number of aromatic nitrogens is 2. The summed E-state index contributed by atoms with van der Waals surface area (Å²) in [6, 6.07) is 13.0. The molecule has 0 spiro atoms. The van der Waals surface area contributed by atoms with Crippen LogP contribution in [0.15, 0.2) is 61.2 Å². The maximum absolute atomic E-state index is 13.2. The molecule has 0 N–H and O–H groups in total. The summed E-state index contributed by atoms with van der Waals surface area (Å²) in [4.78, 5) is 19.0. The zero-order chi connectivity index (χ0) is 18.1. The Morgan fingerprint density at radius 2 is 2.15 bits per heavy atom. The minimum absolute atomic E-state index is 0.0726. The summed E-state index contributed by atoms with van der Waals surface area (Å²) >= 11 is 0. The van der Waals surface area contributed by atoms with Gasteiger partial charge in [-0.15, -0.1) is 0 Å². The summed E-state index contributed by atoms with van der Waals surface area (Å²) in [6.07, 6.45) is 5.18. The van der Waals surface area contributed by atoms with Gasteiger partial charge in [-0.1, -0.05) is 6.07 Å². The van der Waals surface area contributed by atoms with Crippen LogP contribution in [0.5, 0.6) is 11.5 Å². The zero-order valence-corrected chi connectivity index (χ0v) is 14.6. The predicted octanol–water partition coefficient (Wildman–Crippen LogP) is 3.31. The van der Waals surface area contributed by atoms with Gasteiger partial charge >= 0.3 is 0 Å². The minimum Gasteiger partial charge on any atom is -0.497 e. The topological polar surface area (TPSA) is 56.6 Å². The van der Waals surface area contributed by atoms with Gasteiger partial charge in [-0.05, 0) is 37.3 Å². The second-order valence-electron chi connectivity index (χ2n) is 6.20. The molecule has 0 fully saturated rings. The van der Waals surface area contributed by atoms with E-state index in [0.29, 0.717) is 23.6 Å². The first-order valence-corrected chi connectivity index (χ1v) is 8.40. The van der Waals surface area contributed by atoms with E-state index in [-0.39, 0.29) is 12.0 Å². The molecule has 0 saturated heterocycles. The molecule has 0 radical (unpaired) electrons. The third-order valence-corrected chi connectivity index (χ3v) is 4.37. The Morgan fingerprint density at radius 1 is 1.27 bits per heavy atom. The van der Waals surface area contributed by atoms with Crippen molar-refractivity contribution in [3.63, 3.8) is 0 Å². The molecular weight excluding hydrogens is 330 g/mol. The molecule has 2 heterocycles. The Balaban J connectivity index is 1.72. The number of anilines is 1. The molecule has 1 aromatic heterocycles. The molecule has 1 aliphatic rings. The molecule has 4 rings (SSSR count). The van der Waals surface area contributed by atoms with Crippen molar-refractivity contribution in [1.29, 1.82) is 0 Å². The summed E-state index contributed by atoms with van der Waals surface area (Å²) in [7, 11) is 1.61. The number of hydrogen-bond acceptors (Lipinski definition) is 4. The van der Waals surface area contributed by atoms with E-state index in [0.717, 1.165) is 11.4 Å². The molecule has 2 aromatic carbocycles. The maximum Gasteiger partial charge on any atom is 0.258 e. The molecule has 1 aliphatic heterocycles. The molecule has 1 unspecified atom stereocenters. The smallest absolute Gasteiger partial charge is 0.258 e. The summed E-state index contributed by atoms with van der Waals surface area (Å²) in [6.45, 7) is 2.43. The van der Waals surface area contributed by atoms with Gasteiger partial charge in [-0.3, -0.25) is 4.79 Å². The van der Waals surface area contributed by atoms with Gasteiger partial charge in [-0.25, -0.2) is 4.98 Å². The van der Waals surface area contributed by atoms with E-state index in [1.807, 2.05) is 60.2 Å². The van der Waals surface area contributed by atoms with Crippen LogP contribution in [0.1, 0.15) is 17.3 Å². The lowest BCUT2D eigenvalue weighted by Crippen LogP contribution is -2.42. The number of benzene rings is 2. The second-order valence-corrected chi connectivity index (χ2v) is 6.20. The number of methoxy groups -OCH3 is 1. The Bertz CT molecular complexity index is 937. The number of carbonyl (C=O) groups is 1. The molecule has 3 aromatic rings. The van der Waals surface area contributed by atoms with Crippen molar-refractivity contribution in [2.75, 3.05) is 18.6 Å². The van der Waals surface area contributed by atoms with Gasteiger partial charge in [-0.2, -0.15) is 0 Å². The van der Waals surface area contributed by atoms with Crippen molar-refractivity contribution in [2.24, 2.45) is 0 Å². The molecule has 0 aliphatic carbocycles. The van der Waals surface area contributed by atoms with Crippen molar-refractivity contribution in [2.45, 2.75) is 13.0 Å². The maximum atomic E-state index is 13.2. The standard InChI is InChI=1S/C20H19N3O3/c1-14-12-23(18-11-17(25-2)6-7-19(18)26-14)20(24)15-4-3-5-16(10-15)22-9-8-21-13-22/h3-11,13-14H,12H2,1-2H3. The van der Waals surface area contributed by atoms with Gasteiger partial charge in [0.2, 0.25) is 0 Å². The fourth-order valence-electron chi connectivity index (χ4n) is 3.10. The second kappa shape index (κ2) is 6.55. The van der Waals surface area contributed by atoms with E-state index in [2.05, 4.69) is 4.98 Å². The largest absolute Gasteiger partial charge is 0.497 e. The van der Waals surface area contributed by atoms with Gasteiger partial charge in [0, 0.05) is 29.7 Å². The van der Waals surface area contributed by atoms with Crippen molar-refractivity contribution in [3.8, 4) is 17.2 Å². The quantitative estimate of drug-likeness (QED) is 0.728. The molecule has 1 amide bonds. The monoisotopic (exact) mass is 349 g/mol. The highest BCUT2D eigenvalue weighted by molar-refractivity contribution is 6.07. The number of nitrogens with zero attached hydrogens (tertiary/aromatic N) is 3. The molecule has 6 heteroatoms. The first-order chi connectivity index (χ1) is 12.7. The van der Waals surface area contributed by atoms with Crippen LogP contribution < -0.4 is 14.4 Å². The number of ether oxygens (including phenoxy) is 2. The molecule has 0 bridgehead atoms. The summed E-state index contributed by atoms with van der Waals surface area (Å²) in [5.74, 6) is 1.30. The average molecular weight is 349 g/mol. The molecule has 6 nitrogen and oxygen atoms in total. The predicted molar refractivity (Wildman–Crippen MR) is 98.3 cm³/mol. The van der Waals surface area contributed by atoms with E-state index in [1.165, 1.54) is 0 Å². The van der Waals surface area contributed by atoms with Crippen LogP contribution in [-0.2, 0) is 0 Å². The average Bonchev–Trinajstić information content (AvgIpc) is 3.21. The molecule has 26 heavy (non-hydrogen) atoms. The van der Waals surface area contributed by atoms with Crippen LogP contribution in [0, 0.1) is 0 Å². The van der Waals surface area contributed by atoms with E-state index in [9.17, 15) is 4.79 Å². The van der Waals surface area contributed by atoms with Crippen LogP contribution >= 0.6 is 0 Å². The highest BCUT2D eigenvalue weighted by Gasteiger charge is 2.29. The number of rotatable bonds is 3. The van der Waals surface area contributed by atoms with Crippen molar-refractivity contribution in [1.82, 2.24) is 9.55 Å². The van der Waals surface area contributed by atoms with E-state index in [4.69, 9.17) is 9.47 Å². The Morgan fingerprint density at radius 3 is 2.92 bits per heavy atom. The van der Waals surface area contributed by atoms with Gasteiger partial charge in [0.15, 0.2) is 0 Å². The molecular formula is C20H19N3O3. The Labute approximate surface area is 151 Å². The highest BCUT2D eigenvalue weighted by Crippen LogP contribution is 2.37. The lowest BCUT2D eigenvalue weighted by molar-refractivity contribution is 0.0961. The van der Waals surface area contributed by atoms with Crippen LogP contribution in [0.25, 0.3) is 5.69 Å². The first kappa shape index (κ1) is 16.2. The number of carbonyl (C=O) groups excluding carboxylic acids is 1. The Kier molecular flexibility index (Phi) is 4.08. The lowest BCUT2D eigenvalue weighted by Gasteiger charge is -2.33. The SMILES string of the molecule is COc1ccc2c(c1)N(C(=O)c1cccc(-n3ccnc3)c1)CC(C)O2. The van der Waals surface area contributed by atoms with Crippen LogP contribution in [0.4, 0.5) is 5.69 Å². The van der Waals surface area contributed by atoms with E-state index in [1.54, 1.807) is 24.5 Å². The van der Waals surface area contributed by atoms with E-state index >= 15 is 0 Å². The summed E-state index contributed by atoms with van der Waals surface area (Å²) < 4.78 is 13.0. The number of fused-ring (bicyclic) bond motifs is 1. The van der Waals surface area contributed by atoms with Gasteiger partial charge < -0.3 is 18.9 Å². The Hall–Kier alpha value is -3.28. The van der Waals surface area contributed by atoms with Crippen LogP contribution in [0.3, 0.4) is 0 Å². The van der Waals surface area contributed by atoms with Gasteiger partial charge in [0.25, 0.3) is 5.91 Å². The van der Waals surface area contributed by atoms with Gasteiger partial charge in [0.05, 0.1) is 25.7 Å². The molecule has 0 saturated carbocycles. The van der Waals surface area contributed by atoms with Crippen molar-refractivity contribution < 1.29 is 14.3 Å². The normalized spacial score (nSPS) is 15.9. The fourth-order valence-corrected chi connectivity index (χ4v) is 3.10. The third kappa shape index (κ3) is 2.90. The molecule has 132 valence electrons. The fraction of sp³-hybridized carbons (Fsp3) is 0.200. The highest BCUT2D eigenvalue weighted by atomic mass is 16.5. The summed E-state index contributed by atoms with van der Waals surface area (Å²) in [5, 5.41) is 0. The molecule has 1 atom stereocenters. The lowest BCUT2D eigenvalue weighted by atomic mass is 10.1. The van der Waals surface area contributed by atoms with Crippen molar-refractivity contribution >= 4 is 11.6 Å². The number of imidazole rings is 1. The van der Waals surface area contributed by atoms with Crippen LogP contribution in [0.2, 0.25) is 0 Å². The van der Waals surface area contributed by atoms with Crippen molar-refractivity contribution in [3.05, 3.63) is 66.7 Å². The third-order valence-electron chi connectivity index (χ3n) is 4.37. The number of hydrogen-bond donors (Lipinski definition) is 0. The van der Waals surface area contributed by atoms with E-state index < -0.39 is 0 Å². The van der Waals surface area contributed by atoms with Crippen LogP contribution in [-0.4, -0.2) is 35.2 Å².